The third kappa shape index (κ3) is 5.23. The van der Waals surface area contributed by atoms with Crippen molar-refractivity contribution < 1.29 is 14.3 Å². The molecule has 0 saturated carbocycles. The highest BCUT2D eigenvalue weighted by atomic mass is 35.5. The molecule has 0 bridgehead atoms. The molecular formula is C19H25ClN2O3. The molecule has 1 amide bonds. The van der Waals surface area contributed by atoms with E-state index in [0.717, 1.165) is 30.2 Å². The first kappa shape index (κ1) is 19.3. The lowest BCUT2D eigenvalue weighted by Crippen LogP contribution is -2.35. The van der Waals surface area contributed by atoms with Gasteiger partial charge in [0.25, 0.3) is 5.91 Å². The van der Waals surface area contributed by atoms with Gasteiger partial charge < -0.3 is 15.0 Å². The van der Waals surface area contributed by atoms with E-state index in [1.54, 1.807) is 12.1 Å². The molecule has 1 aromatic heterocycles. The number of aromatic nitrogens is 1. The van der Waals surface area contributed by atoms with E-state index in [9.17, 15) is 9.59 Å². The Balaban J connectivity index is 2.00. The molecule has 0 fully saturated rings. The summed E-state index contributed by atoms with van der Waals surface area (Å²) in [6.07, 6.45) is 3.31. The number of unbranched alkanes of at least 4 members (excludes halogenated alkanes) is 1. The first-order chi connectivity index (χ1) is 11.9. The monoisotopic (exact) mass is 364 g/mol. The van der Waals surface area contributed by atoms with Crippen LogP contribution >= 0.6 is 11.6 Å². The minimum Gasteiger partial charge on any atom is -0.469 e. The number of fused-ring (bicyclic) bond motifs is 1. The first-order valence-electron chi connectivity index (χ1n) is 8.61. The predicted octanol–water partition coefficient (Wildman–Crippen LogP) is 4.31. The summed E-state index contributed by atoms with van der Waals surface area (Å²) in [5.41, 5.74) is 1.34. The zero-order chi connectivity index (χ0) is 18.4. The van der Waals surface area contributed by atoms with Crippen LogP contribution in [0.5, 0.6) is 0 Å². The normalized spacial score (nSPS) is 13.4. The van der Waals surface area contributed by atoms with Crippen molar-refractivity contribution in [3.63, 3.8) is 0 Å². The standard InChI is InChI=1S/C19H25ClN2O3/c1-4-5-6-13(19(24)25-3)9-12(2)21-18(23)17-11-14-10-15(20)7-8-16(14)22-17/h7-8,10-13,22H,4-6,9H2,1-3H3,(H,21,23)/t12-,13+/m1/s1. The van der Waals surface area contributed by atoms with Crippen LogP contribution in [-0.2, 0) is 9.53 Å². The van der Waals surface area contributed by atoms with Crippen molar-refractivity contribution >= 4 is 34.4 Å². The molecule has 25 heavy (non-hydrogen) atoms. The van der Waals surface area contributed by atoms with Crippen LogP contribution in [0.15, 0.2) is 24.3 Å². The van der Waals surface area contributed by atoms with Crippen LogP contribution in [0.1, 0.15) is 50.0 Å². The number of esters is 1. The van der Waals surface area contributed by atoms with Gasteiger partial charge in [0, 0.05) is 22.0 Å². The summed E-state index contributed by atoms with van der Waals surface area (Å²) in [4.78, 5) is 27.4. The minimum atomic E-state index is -0.213. The molecule has 0 aliphatic rings. The van der Waals surface area contributed by atoms with Gasteiger partial charge in [-0.1, -0.05) is 31.4 Å². The van der Waals surface area contributed by atoms with Crippen LogP contribution < -0.4 is 5.32 Å². The van der Waals surface area contributed by atoms with Gasteiger partial charge in [0.1, 0.15) is 5.69 Å². The SMILES string of the molecule is CCCC[C@@H](C[C@@H](C)NC(=O)c1cc2cc(Cl)ccc2[nH]1)C(=O)OC. The van der Waals surface area contributed by atoms with Crippen molar-refractivity contribution in [2.24, 2.45) is 5.92 Å². The van der Waals surface area contributed by atoms with E-state index in [4.69, 9.17) is 16.3 Å². The largest absolute Gasteiger partial charge is 0.469 e. The van der Waals surface area contributed by atoms with Gasteiger partial charge in [-0.25, -0.2) is 0 Å². The lowest BCUT2D eigenvalue weighted by atomic mass is 9.95. The van der Waals surface area contributed by atoms with E-state index in [0.29, 0.717) is 17.1 Å². The van der Waals surface area contributed by atoms with Gasteiger partial charge in [-0.2, -0.15) is 0 Å². The Morgan fingerprint density at radius 3 is 2.76 bits per heavy atom. The third-order valence-corrected chi connectivity index (χ3v) is 4.52. The van der Waals surface area contributed by atoms with E-state index >= 15 is 0 Å². The van der Waals surface area contributed by atoms with Crippen molar-refractivity contribution in [2.75, 3.05) is 7.11 Å². The van der Waals surface area contributed by atoms with Gasteiger partial charge in [-0.15, -0.1) is 0 Å². The maximum atomic E-state index is 12.5. The molecule has 0 spiro atoms. The Hall–Kier alpha value is -2.01. The average molecular weight is 365 g/mol. The van der Waals surface area contributed by atoms with Crippen LogP contribution in [0.4, 0.5) is 0 Å². The predicted molar refractivity (Wildman–Crippen MR) is 99.9 cm³/mol. The Morgan fingerprint density at radius 2 is 2.08 bits per heavy atom. The number of ether oxygens (including phenoxy) is 1. The highest BCUT2D eigenvalue weighted by Gasteiger charge is 2.22. The summed E-state index contributed by atoms with van der Waals surface area (Å²) in [7, 11) is 1.40. The van der Waals surface area contributed by atoms with E-state index in [1.807, 2.05) is 19.1 Å². The fraction of sp³-hybridized carbons (Fsp3) is 0.474. The Morgan fingerprint density at radius 1 is 1.32 bits per heavy atom. The van der Waals surface area contributed by atoms with Crippen LogP contribution in [0, 0.1) is 5.92 Å². The fourth-order valence-corrected chi connectivity index (χ4v) is 3.14. The first-order valence-corrected chi connectivity index (χ1v) is 8.99. The fourth-order valence-electron chi connectivity index (χ4n) is 2.96. The summed E-state index contributed by atoms with van der Waals surface area (Å²) in [6, 6.07) is 7.07. The second-order valence-electron chi connectivity index (χ2n) is 6.39. The third-order valence-electron chi connectivity index (χ3n) is 4.28. The van der Waals surface area contributed by atoms with Gasteiger partial charge in [-0.05, 0) is 44.0 Å². The Kier molecular flexibility index (Phi) is 6.88. The molecule has 2 atom stereocenters. The highest BCUT2D eigenvalue weighted by molar-refractivity contribution is 6.31. The van der Waals surface area contributed by atoms with Gasteiger partial charge in [0.15, 0.2) is 0 Å². The number of rotatable bonds is 8. The van der Waals surface area contributed by atoms with Crippen molar-refractivity contribution in [2.45, 2.75) is 45.6 Å². The number of benzene rings is 1. The van der Waals surface area contributed by atoms with Gasteiger partial charge in [0.2, 0.25) is 0 Å². The Labute approximate surface area is 153 Å². The zero-order valence-electron chi connectivity index (χ0n) is 14.9. The molecule has 0 aliphatic carbocycles. The number of hydrogen-bond donors (Lipinski definition) is 2. The van der Waals surface area contributed by atoms with Crippen molar-refractivity contribution in [3.8, 4) is 0 Å². The van der Waals surface area contributed by atoms with Crippen molar-refractivity contribution in [3.05, 3.63) is 35.0 Å². The smallest absolute Gasteiger partial charge is 0.308 e. The maximum Gasteiger partial charge on any atom is 0.308 e. The second-order valence-corrected chi connectivity index (χ2v) is 6.82. The Bertz CT molecular complexity index is 741. The van der Waals surface area contributed by atoms with Crippen LogP contribution in [0.3, 0.4) is 0 Å². The highest BCUT2D eigenvalue weighted by Crippen LogP contribution is 2.21. The minimum absolute atomic E-state index is 0.136. The van der Waals surface area contributed by atoms with E-state index in [-0.39, 0.29) is 23.8 Å². The number of carbonyl (C=O) groups is 2. The summed E-state index contributed by atoms with van der Waals surface area (Å²) in [5.74, 6) is -0.601. The number of hydrogen-bond acceptors (Lipinski definition) is 3. The number of amides is 1. The molecule has 0 saturated heterocycles. The quantitative estimate of drug-likeness (QED) is 0.685. The average Bonchev–Trinajstić information content (AvgIpc) is 3.01. The van der Waals surface area contributed by atoms with Crippen molar-refractivity contribution in [1.29, 1.82) is 0 Å². The number of aromatic amines is 1. The molecule has 2 rings (SSSR count). The van der Waals surface area contributed by atoms with Crippen molar-refractivity contribution in [1.82, 2.24) is 10.3 Å². The topological polar surface area (TPSA) is 71.2 Å². The molecule has 1 heterocycles. The molecule has 0 radical (unpaired) electrons. The second kappa shape index (κ2) is 8.90. The van der Waals surface area contributed by atoms with Gasteiger partial charge in [0.05, 0.1) is 13.0 Å². The maximum absolute atomic E-state index is 12.5. The number of methoxy groups -OCH3 is 1. The summed E-state index contributed by atoms with van der Waals surface area (Å²) in [5, 5.41) is 4.46. The van der Waals surface area contributed by atoms with E-state index in [1.165, 1.54) is 7.11 Å². The van der Waals surface area contributed by atoms with Crippen LogP contribution in [0.2, 0.25) is 5.02 Å². The molecule has 0 unspecified atom stereocenters. The zero-order valence-corrected chi connectivity index (χ0v) is 15.7. The molecule has 2 N–H and O–H groups in total. The number of halogens is 1. The number of carbonyl (C=O) groups excluding carboxylic acids is 2. The van der Waals surface area contributed by atoms with E-state index in [2.05, 4.69) is 17.2 Å². The summed E-state index contributed by atoms with van der Waals surface area (Å²) in [6.45, 7) is 3.99. The lowest BCUT2D eigenvalue weighted by molar-refractivity contribution is -0.146. The van der Waals surface area contributed by atoms with E-state index < -0.39 is 0 Å². The molecule has 0 aliphatic heterocycles. The molecule has 6 heteroatoms. The van der Waals surface area contributed by atoms with Crippen LogP contribution in [-0.4, -0.2) is 30.0 Å². The van der Waals surface area contributed by atoms with Gasteiger partial charge in [-0.3, -0.25) is 9.59 Å². The lowest BCUT2D eigenvalue weighted by Gasteiger charge is -2.19. The summed E-state index contributed by atoms with van der Waals surface area (Å²) < 4.78 is 4.88. The number of nitrogens with one attached hydrogen (secondary N) is 2. The van der Waals surface area contributed by atoms with Gasteiger partial charge >= 0.3 is 5.97 Å². The summed E-state index contributed by atoms with van der Waals surface area (Å²) >= 11 is 5.98. The molecule has 5 nitrogen and oxygen atoms in total. The molecule has 2 aromatic rings. The molecule has 136 valence electrons. The van der Waals surface area contributed by atoms with Crippen LogP contribution in [0.25, 0.3) is 10.9 Å². The molecular weight excluding hydrogens is 340 g/mol. The number of H-pyrrole nitrogens is 1. The molecule has 1 aromatic carbocycles.